The summed E-state index contributed by atoms with van der Waals surface area (Å²) < 4.78 is 36.0. The van der Waals surface area contributed by atoms with Crippen LogP contribution in [-0.2, 0) is 14.7 Å². The molecule has 1 aliphatic heterocycles. The Labute approximate surface area is 223 Å². The quantitative estimate of drug-likeness (QED) is 0.192. The molecule has 0 aliphatic carbocycles. The third-order valence-electron chi connectivity index (χ3n) is 4.01. The molecule has 2 aromatic carbocycles. The number of hydrogen-bond acceptors (Lipinski definition) is 8. The number of halogens is 2. The summed E-state index contributed by atoms with van der Waals surface area (Å²) in [5.41, 5.74) is 0.514. The Hall–Kier alpha value is -1.09. The van der Waals surface area contributed by atoms with E-state index in [4.69, 9.17) is 23.2 Å². The predicted molar refractivity (Wildman–Crippen MR) is 103 cm³/mol. The molecule has 0 saturated carbocycles. The van der Waals surface area contributed by atoms with Crippen molar-refractivity contribution in [2.24, 2.45) is 5.16 Å². The average Bonchev–Trinajstić information content (AvgIpc) is 2.64. The van der Waals surface area contributed by atoms with Gasteiger partial charge in [-0.2, -0.15) is 8.42 Å². The van der Waals surface area contributed by atoms with Gasteiger partial charge in [0.1, 0.15) is 0 Å². The summed E-state index contributed by atoms with van der Waals surface area (Å²) in [6, 6.07) is 7.90. The van der Waals surface area contributed by atoms with Crippen LogP contribution in [0.15, 0.2) is 41.6 Å². The predicted octanol–water partition coefficient (Wildman–Crippen LogP) is 0.137. The molecule has 1 heterocycles. The van der Waals surface area contributed by atoms with Crippen molar-refractivity contribution >= 4 is 56.6 Å². The third-order valence-corrected chi connectivity index (χ3v) is 4.82. The maximum atomic E-state index is 13.0. The van der Waals surface area contributed by atoms with Crippen LogP contribution in [0.4, 0.5) is 11.4 Å². The van der Waals surface area contributed by atoms with Gasteiger partial charge < -0.3 is 9.45 Å². The molecular formula is C16H10Cl2KN3O7S. The van der Waals surface area contributed by atoms with Gasteiger partial charge in [0.15, 0.2) is 0 Å². The number of carbonyl (C=O) groups excluding carboxylic acids is 1. The van der Waals surface area contributed by atoms with E-state index < -0.39 is 21.2 Å². The SMILES string of the molecule is O=C(c1ccc([N+](=O)[O-])cc1Cl)N1CC/C(=N/OS(=O)(=O)[O-])c2ccc(Cl)cc21.[K+]. The van der Waals surface area contributed by atoms with Crippen LogP contribution in [0.25, 0.3) is 0 Å². The molecular weight excluding hydrogens is 488 g/mol. The van der Waals surface area contributed by atoms with Crippen molar-refractivity contribution in [3.8, 4) is 0 Å². The van der Waals surface area contributed by atoms with Gasteiger partial charge in [-0.25, -0.2) is 0 Å². The van der Waals surface area contributed by atoms with Crippen molar-refractivity contribution in [3.63, 3.8) is 0 Å². The van der Waals surface area contributed by atoms with E-state index in [9.17, 15) is 27.9 Å². The smallest absolute Gasteiger partial charge is 0.714 e. The first kappa shape index (κ1) is 25.2. The number of oxime groups is 1. The number of nitro groups is 1. The summed E-state index contributed by atoms with van der Waals surface area (Å²) >= 11 is 12.1. The fraction of sp³-hybridized carbons (Fsp3) is 0.125. The van der Waals surface area contributed by atoms with Crippen LogP contribution >= 0.6 is 23.2 Å². The van der Waals surface area contributed by atoms with Crippen LogP contribution in [0.5, 0.6) is 0 Å². The number of anilines is 1. The van der Waals surface area contributed by atoms with Gasteiger partial charge in [0.25, 0.3) is 22.0 Å². The summed E-state index contributed by atoms with van der Waals surface area (Å²) in [6.45, 7) is 0.0423. The number of carbonyl (C=O) groups is 1. The maximum Gasteiger partial charge on any atom is 1.00 e. The van der Waals surface area contributed by atoms with Gasteiger partial charge in [-0.3, -0.25) is 19.2 Å². The molecule has 0 spiro atoms. The van der Waals surface area contributed by atoms with Crippen LogP contribution in [0.3, 0.4) is 0 Å². The molecule has 1 aliphatic rings. The van der Waals surface area contributed by atoms with Crippen LogP contribution in [0.1, 0.15) is 22.3 Å². The first-order chi connectivity index (χ1) is 13.6. The minimum Gasteiger partial charge on any atom is -0.714 e. The Kier molecular flexibility index (Phi) is 8.41. The van der Waals surface area contributed by atoms with Gasteiger partial charge in [-0.05, 0) is 24.3 Å². The largest absolute Gasteiger partial charge is 1.00 e. The monoisotopic (exact) mass is 497 g/mol. The van der Waals surface area contributed by atoms with Gasteiger partial charge >= 0.3 is 51.4 Å². The summed E-state index contributed by atoms with van der Waals surface area (Å²) in [6.07, 6.45) is 0.0699. The Morgan fingerprint density at radius 3 is 2.50 bits per heavy atom. The van der Waals surface area contributed by atoms with Gasteiger partial charge in [-0.15, -0.1) is 0 Å². The summed E-state index contributed by atoms with van der Waals surface area (Å²) in [5.74, 6) is -0.551. The molecule has 10 nitrogen and oxygen atoms in total. The average molecular weight is 498 g/mol. The van der Waals surface area contributed by atoms with Crippen molar-refractivity contribution in [2.45, 2.75) is 6.42 Å². The number of nitrogens with zero attached hydrogens (tertiary/aromatic N) is 3. The van der Waals surface area contributed by atoms with Gasteiger partial charge in [0.05, 0.1) is 26.9 Å². The van der Waals surface area contributed by atoms with E-state index >= 15 is 0 Å². The Bertz CT molecular complexity index is 1160. The zero-order chi connectivity index (χ0) is 21.3. The fourth-order valence-electron chi connectivity index (χ4n) is 2.78. The molecule has 0 unspecified atom stereocenters. The number of hydrogen-bond donors (Lipinski definition) is 0. The van der Waals surface area contributed by atoms with E-state index in [-0.39, 0.29) is 97.0 Å². The van der Waals surface area contributed by atoms with Gasteiger partial charge in [0.2, 0.25) is 0 Å². The molecule has 0 bridgehead atoms. The molecule has 14 heteroatoms. The molecule has 1 amide bonds. The fourth-order valence-corrected chi connectivity index (χ4v) is 3.38. The summed E-state index contributed by atoms with van der Waals surface area (Å²) in [4.78, 5) is 24.5. The molecule has 152 valence electrons. The first-order valence-electron chi connectivity index (χ1n) is 7.84. The first-order valence-corrected chi connectivity index (χ1v) is 9.93. The molecule has 0 atom stereocenters. The zero-order valence-electron chi connectivity index (χ0n) is 15.2. The van der Waals surface area contributed by atoms with Crippen molar-refractivity contribution < 1.29 is 78.4 Å². The van der Waals surface area contributed by atoms with Gasteiger partial charge in [0, 0.05) is 35.7 Å². The standard InChI is InChI=1S/C16H11Cl2N3O7S.K/c17-9-1-3-12-14(19-28-29(25,26)27)5-6-20(15(12)7-9)16(22)11-4-2-10(21(23)24)8-13(11)18;/h1-4,7-8H,5-6H2,(H,25,26,27);/q;+1/p-1/b19-14-;. The molecule has 0 N–H and O–H groups in total. The van der Waals surface area contributed by atoms with Crippen LogP contribution in [0.2, 0.25) is 10.0 Å². The molecule has 2 aromatic rings. The Morgan fingerprint density at radius 1 is 1.20 bits per heavy atom. The Balaban J connectivity index is 0.00000320. The van der Waals surface area contributed by atoms with E-state index in [1.54, 1.807) is 0 Å². The van der Waals surface area contributed by atoms with E-state index in [2.05, 4.69) is 9.44 Å². The van der Waals surface area contributed by atoms with Crippen LogP contribution < -0.4 is 56.3 Å². The van der Waals surface area contributed by atoms with E-state index in [0.717, 1.165) is 12.1 Å². The third kappa shape index (κ3) is 5.78. The van der Waals surface area contributed by atoms with E-state index in [1.165, 1.54) is 29.2 Å². The normalized spacial score (nSPS) is 14.6. The number of nitro benzene ring substituents is 1. The van der Waals surface area contributed by atoms with E-state index in [0.29, 0.717) is 5.56 Å². The van der Waals surface area contributed by atoms with E-state index in [1.807, 2.05) is 0 Å². The second-order valence-electron chi connectivity index (χ2n) is 5.81. The second-order valence-corrected chi connectivity index (χ2v) is 7.62. The topological polar surface area (TPSA) is 142 Å². The molecule has 3 rings (SSSR count). The second kappa shape index (κ2) is 10.0. The summed E-state index contributed by atoms with van der Waals surface area (Å²) in [7, 11) is -5.04. The minimum atomic E-state index is -5.04. The minimum absolute atomic E-state index is 0. The van der Waals surface area contributed by atoms with Gasteiger partial charge in [-0.1, -0.05) is 28.4 Å². The Morgan fingerprint density at radius 2 is 1.90 bits per heavy atom. The maximum absolute atomic E-state index is 13.0. The van der Waals surface area contributed by atoms with Crippen LogP contribution in [-0.4, -0.2) is 36.1 Å². The number of benzene rings is 2. The van der Waals surface area contributed by atoms with Crippen LogP contribution in [0, 0.1) is 10.1 Å². The summed E-state index contributed by atoms with van der Waals surface area (Å²) in [5, 5.41) is 14.4. The van der Waals surface area contributed by atoms with Crippen molar-refractivity contribution in [2.75, 3.05) is 11.4 Å². The van der Waals surface area contributed by atoms with Crippen molar-refractivity contribution in [1.29, 1.82) is 0 Å². The van der Waals surface area contributed by atoms with Crippen molar-refractivity contribution in [1.82, 2.24) is 0 Å². The molecule has 0 fully saturated rings. The number of fused-ring (bicyclic) bond motifs is 1. The molecule has 0 saturated heterocycles. The number of non-ortho nitro benzene ring substituents is 1. The number of rotatable bonds is 4. The zero-order valence-corrected chi connectivity index (χ0v) is 20.7. The molecule has 30 heavy (non-hydrogen) atoms. The molecule has 0 radical (unpaired) electrons. The van der Waals surface area contributed by atoms with Crippen molar-refractivity contribution in [3.05, 3.63) is 67.7 Å². The number of amides is 1. The molecule has 0 aromatic heterocycles.